The summed E-state index contributed by atoms with van der Waals surface area (Å²) in [5.74, 6) is -1.68. The van der Waals surface area contributed by atoms with Gasteiger partial charge in [0.15, 0.2) is 5.69 Å². The highest BCUT2D eigenvalue weighted by molar-refractivity contribution is 6.00. The fourth-order valence-electron chi connectivity index (χ4n) is 1.97. The van der Waals surface area contributed by atoms with Gasteiger partial charge in [-0.15, -0.1) is 5.10 Å². The molecule has 9 heteroatoms. The molecule has 1 rings (SSSR count). The Bertz CT molecular complexity index is 570. The molecule has 24 heavy (non-hydrogen) atoms. The lowest BCUT2D eigenvalue weighted by Crippen LogP contribution is -2.18. The smallest absolute Gasteiger partial charge is 0.361 e. The second-order valence-corrected chi connectivity index (χ2v) is 4.71. The number of nitrogens with zero attached hydrogens (tertiary/aromatic N) is 3. The first-order valence-electron chi connectivity index (χ1n) is 7.98. The highest BCUT2D eigenvalue weighted by atomic mass is 16.5. The average Bonchev–Trinajstić information content (AvgIpc) is 2.96. The molecule has 0 N–H and O–H groups in total. The van der Waals surface area contributed by atoms with Gasteiger partial charge in [0, 0.05) is 13.0 Å². The summed E-state index contributed by atoms with van der Waals surface area (Å²) in [6, 6.07) is 0. The highest BCUT2D eigenvalue weighted by Crippen LogP contribution is 2.11. The van der Waals surface area contributed by atoms with Gasteiger partial charge in [0.05, 0.1) is 19.8 Å². The second kappa shape index (κ2) is 10.3. The molecule has 0 aliphatic rings. The van der Waals surface area contributed by atoms with E-state index in [0.717, 1.165) is 0 Å². The van der Waals surface area contributed by atoms with Crippen molar-refractivity contribution >= 4 is 17.9 Å². The molecule has 0 unspecified atom stereocenters. The summed E-state index contributed by atoms with van der Waals surface area (Å²) >= 11 is 0. The largest absolute Gasteiger partial charge is 0.466 e. The molecule has 0 aromatic carbocycles. The van der Waals surface area contributed by atoms with Gasteiger partial charge in [-0.1, -0.05) is 5.21 Å². The Morgan fingerprint density at radius 1 is 0.917 bits per heavy atom. The highest BCUT2D eigenvalue weighted by Gasteiger charge is 2.27. The lowest BCUT2D eigenvalue weighted by atomic mass is 10.2. The molecule has 0 aliphatic carbocycles. The van der Waals surface area contributed by atoms with E-state index in [0.29, 0.717) is 26.0 Å². The summed E-state index contributed by atoms with van der Waals surface area (Å²) in [6.07, 6.45) is 1.41. The van der Waals surface area contributed by atoms with Crippen molar-refractivity contribution in [3.8, 4) is 0 Å². The molecule has 0 bridgehead atoms. The van der Waals surface area contributed by atoms with Crippen LogP contribution in [0.2, 0.25) is 0 Å². The first kappa shape index (κ1) is 19.6. The summed E-state index contributed by atoms with van der Waals surface area (Å²) in [6.45, 7) is 6.05. The van der Waals surface area contributed by atoms with Crippen molar-refractivity contribution in [3.05, 3.63) is 11.4 Å². The predicted octanol–water partition coefficient (Wildman–Crippen LogP) is 1.36. The van der Waals surface area contributed by atoms with E-state index >= 15 is 0 Å². The zero-order chi connectivity index (χ0) is 17.9. The molecule has 0 radical (unpaired) electrons. The van der Waals surface area contributed by atoms with Gasteiger partial charge in [-0.3, -0.25) is 4.79 Å². The molecule has 0 fully saturated rings. The number of carbonyl (C=O) groups excluding carboxylic acids is 3. The summed E-state index contributed by atoms with van der Waals surface area (Å²) in [5.41, 5.74) is -0.202. The van der Waals surface area contributed by atoms with Crippen LogP contribution >= 0.6 is 0 Å². The van der Waals surface area contributed by atoms with E-state index in [4.69, 9.17) is 14.2 Å². The third kappa shape index (κ3) is 5.64. The van der Waals surface area contributed by atoms with E-state index in [2.05, 4.69) is 10.3 Å². The van der Waals surface area contributed by atoms with E-state index < -0.39 is 11.9 Å². The number of esters is 3. The maximum absolute atomic E-state index is 12.1. The number of hydrogen-bond acceptors (Lipinski definition) is 8. The van der Waals surface area contributed by atoms with E-state index in [-0.39, 0.29) is 37.0 Å². The lowest BCUT2D eigenvalue weighted by molar-refractivity contribution is -0.143. The Kier molecular flexibility index (Phi) is 8.45. The van der Waals surface area contributed by atoms with Crippen LogP contribution in [-0.4, -0.2) is 52.7 Å². The quantitative estimate of drug-likeness (QED) is 0.356. The lowest BCUT2D eigenvalue weighted by Gasteiger charge is -2.07. The molecular weight excluding hydrogens is 318 g/mol. The first-order valence-corrected chi connectivity index (χ1v) is 7.98. The molecule has 0 saturated carbocycles. The normalized spacial score (nSPS) is 10.3. The van der Waals surface area contributed by atoms with Crippen molar-refractivity contribution < 1.29 is 28.6 Å². The summed E-state index contributed by atoms with van der Waals surface area (Å²) in [5, 5.41) is 7.55. The van der Waals surface area contributed by atoms with Gasteiger partial charge in [-0.25, -0.2) is 14.3 Å². The van der Waals surface area contributed by atoms with E-state index in [1.807, 2.05) is 0 Å². The molecule has 1 aromatic rings. The van der Waals surface area contributed by atoms with Crippen LogP contribution in [0, 0.1) is 0 Å². The van der Waals surface area contributed by atoms with Gasteiger partial charge >= 0.3 is 17.9 Å². The van der Waals surface area contributed by atoms with Gasteiger partial charge in [-0.2, -0.15) is 0 Å². The molecule has 0 saturated heterocycles. The van der Waals surface area contributed by atoms with Gasteiger partial charge in [-0.05, 0) is 33.6 Å². The number of carbonyl (C=O) groups is 3. The van der Waals surface area contributed by atoms with Crippen LogP contribution in [0.25, 0.3) is 0 Å². The molecule has 0 spiro atoms. The van der Waals surface area contributed by atoms with Crippen LogP contribution in [0.4, 0.5) is 0 Å². The van der Waals surface area contributed by atoms with Crippen LogP contribution in [0.5, 0.6) is 0 Å². The van der Waals surface area contributed by atoms with Crippen LogP contribution in [0.3, 0.4) is 0 Å². The van der Waals surface area contributed by atoms with Crippen LogP contribution in [0.15, 0.2) is 0 Å². The Balaban J connectivity index is 2.77. The second-order valence-electron chi connectivity index (χ2n) is 4.71. The first-order chi connectivity index (χ1) is 11.5. The van der Waals surface area contributed by atoms with Crippen molar-refractivity contribution in [1.29, 1.82) is 0 Å². The average molecular weight is 341 g/mol. The molecule has 0 atom stereocenters. The van der Waals surface area contributed by atoms with Crippen LogP contribution in [0.1, 0.15) is 61.0 Å². The zero-order valence-electron chi connectivity index (χ0n) is 14.2. The third-order valence-electron chi connectivity index (χ3n) is 2.98. The minimum absolute atomic E-state index is 0.0357. The molecule has 0 aliphatic heterocycles. The molecule has 1 heterocycles. The van der Waals surface area contributed by atoms with Crippen LogP contribution in [-0.2, 0) is 25.5 Å². The van der Waals surface area contributed by atoms with Crippen molar-refractivity contribution in [2.24, 2.45) is 0 Å². The number of aromatic nitrogens is 3. The predicted molar refractivity (Wildman–Crippen MR) is 82.4 cm³/mol. The number of rotatable bonds is 10. The monoisotopic (exact) mass is 341 g/mol. The van der Waals surface area contributed by atoms with Gasteiger partial charge in [0.1, 0.15) is 0 Å². The minimum atomic E-state index is -0.724. The molecule has 134 valence electrons. The van der Waals surface area contributed by atoms with Crippen molar-refractivity contribution in [1.82, 2.24) is 15.0 Å². The third-order valence-corrected chi connectivity index (χ3v) is 2.98. The molecule has 9 nitrogen and oxygen atoms in total. The zero-order valence-corrected chi connectivity index (χ0v) is 14.2. The number of ether oxygens (including phenoxy) is 3. The Morgan fingerprint density at radius 3 is 2.17 bits per heavy atom. The topological polar surface area (TPSA) is 110 Å². The standard InChI is InChI=1S/C15H23N3O6/c1-4-22-11(19)9-7-8-10-18-13(15(21)24-6-3)12(16-17-18)14(20)23-5-2/h4-10H2,1-3H3. The fourth-order valence-corrected chi connectivity index (χ4v) is 1.97. The Morgan fingerprint density at radius 2 is 1.54 bits per heavy atom. The number of aryl methyl sites for hydroxylation is 1. The minimum Gasteiger partial charge on any atom is -0.466 e. The van der Waals surface area contributed by atoms with Gasteiger partial charge < -0.3 is 14.2 Å². The molecule has 0 amide bonds. The van der Waals surface area contributed by atoms with Crippen molar-refractivity contribution in [2.75, 3.05) is 19.8 Å². The summed E-state index contributed by atoms with van der Waals surface area (Å²) in [7, 11) is 0. The molecular formula is C15H23N3O6. The summed E-state index contributed by atoms with van der Waals surface area (Å²) in [4.78, 5) is 35.2. The maximum atomic E-state index is 12.1. The number of hydrogen-bond donors (Lipinski definition) is 0. The Hall–Kier alpha value is -2.45. The van der Waals surface area contributed by atoms with Crippen LogP contribution < -0.4 is 0 Å². The van der Waals surface area contributed by atoms with Gasteiger partial charge in [0.2, 0.25) is 5.69 Å². The fraction of sp³-hybridized carbons (Fsp3) is 0.667. The maximum Gasteiger partial charge on any atom is 0.361 e. The van der Waals surface area contributed by atoms with Gasteiger partial charge in [0.25, 0.3) is 0 Å². The molecule has 1 aromatic heterocycles. The van der Waals surface area contributed by atoms with Crippen molar-refractivity contribution in [3.63, 3.8) is 0 Å². The van der Waals surface area contributed by atoms with E-state index in [1.54, 1.807) is 20.8 Å². The SMILES string of the molecule is CCOC(=O)CCCCn1nnc(C(=O)OCC)c1C(=O)OCC. The van der Waals surface area contributed by atoms with E-state index in [9.17, 15) is 14.4 Å². The van der Waals surface area contributed by atoms with Crippen molar-refractivity contribution in [2.45, 2.75) is 46.6 Å². The van der Waals surface area contributed by atoms with E-state index in [1.165, 1.54) is 4.68 Å². The summed E-state index contributed by atoms with van der Waals surface area (Å²) < 4.78 is 16.0. The Labute approximate surface area is 140 Å². The number of unbranched alkanes of at least 4 members (excludes halogenated alkanes) is 1.